The molecule has 1 heterocycles. The zero-order valence-corrected chi connectivity index (χ0v) is 9.30. The monoisotopic (exact) mass is 210 g/mol. The van der Waals surface area contributed by atoms with Crippen LogP contribution in [0.1, 0.15) is 49.6 Å². The van der Waals surface area contributed by atoms with Gasteiger partial charge < -0.3 is 5.73 Å². The highest BCUT2D eigenvalue weighted by Gasteiger charge is 2.22. The number of hydrogen-bond donors (Lipinski definition) is 1. The summed E-state index contributed by atoms with van der Waals surface area (Å²) in [6, 6.07) is 0.188. The Morgan fingerprint density at radius 2 is 2.00 bits per heavy atom. The molecular weight excluding hydrogens is 192 g/mol. The van der Waals surface area contributed by atoms with Crippen molar-refractivity contribution < 1.29 is 0 Å². The van der Waals surface area contributed by atoms with Gasteiger partial charge in [-0.15, -0.1) is 11.3 Å². The molecular formula is C11H18N2S. The summed E-state index contributed by atoms with van der Waals surface area (Å²) in [4.78, 5) is 4.32. The van der Waals surface area contributed by atoms with Crippen LogP contribution in [0.25, 0.3) is 0 Å². The molecule has 0 radical (unpaired) electrons. The highest BCUT2D eigenvalue weighted by Crippen LogP contribution is 2.32. The predicted molar refractivity (Wildman–Crippen MR) is 60.2 cm³/mol. The van der Waals surface area contributed by atoms with Crippen molar-refractivity contribution >= 4 is 11.3 Å². The maximum Gasteiger partial charge on any atom is 0.110 e. The van der Waals surface area contributed by atoms with Gasteiger partial charge in [-0.3, -0.25) is 0 Å². The quantitative estimate of drug-likeness (QED) is 0.762. The van der Waals surface area contributed by atoms with Crippen molar-refractivity contribution in [3.05, 3.63) is 16.6 Å². The van der Waals surface area contributed by atoms with Crippen LogP contribution in [0.2, 0.25) is 0 Å². The van der Waals surface area contributed by atoms with E-state index < -0.39 is 0 Å². The van der Waals surface area contributed by atoms with Gasteiger partial charge in [-0.1, -0.05) is 25.7 Å². The molecule has 1 fully saturated rings. The third kappa shape index (κ3) is 2.34. The first kappa shape index (κ1) is 10.1. The minimum atomic E-state index is 0.188. The maximum absolute atomic E-state index is 6.23. The second-order valence-corrected chi connectivity index (χ2v) is 5.07. The third-order valence-electron chi connectivity index (χ3n) is 3.14. The van der Waals surface area contributed by atoms with Gasteiger partial charge in [-0.05, 0) is 18.8 Å². The van der Waals surface area contributed by atoms with Gasteiger partial charge in [0.05, 0.1) is 6.04 Å². The molecule has 1 aliphatic carbocycles. The van der Waals surface area contributed by atoms with Crippen LogP contribution in [0.5, 0.6) is 0 Å². The van der Waals surface area contributed by atoms with Gasteiger partial charge in [0.1, 0.15) is 5.01 Å². The van der Waals surface area contributed by atoms with Crippen molar-refractivity contribution in [2.24, 2.45) is 11.7 Å². The Morgan fingerprint density at radius 1 is 1.29 bits per heavy atom. The summed E-state index contributed by atoms with van der Waals surface area (Å²) >= 11 is 1.70. The largest absolute Gasteiger partial charge is 0.322 e. The molecule has 0 aliphatic heterocycles. The van der Waals surface area contributed by atoms with Crippen molar-refractivity contribution in [2.75, 3.05) is 0 Å². The van der Waals surface area contributed by atoms with E-state index in [1.54, 1.807) is 11.3 Å². The van der Waals surface area contributed by atoms with Crippen LogP contribution in [0.4, 0.5) is 0 Å². The zero-order chi connectivity index (χ0) is 9.80. The second kappa shape index (κ2) is 4.89. The van der Waals surface area contributed by atoms with Crippen LogP contribution in [-0.4, -0.2) is 4.98 Å². The Labute approximate surface area is 89.5 Å². The number of thiazole rings is 1. The number of nitrogens with two attached hydrogens (primary N) is 1. The minimum Gasteiger partial charge on any atom is -0.322 e. The third-order valence-corrected chi connectivity index (χ3v) is 4.02. The highest BCUT2D eigenvalue weighted by atomic mass is 32.1. The van der Waals surface area contributed by atoms with Crippen molar-refractivity contribution in [1.82, 2.24) is 4.98 Å². The summed E-state index contributed by atoms with van der Waals surface area (Å²) in [7, 11) is 0. The number of rotatable bonds is 2. The van der Waals surface area contributed by atoms with E-state index in [-0.39, 0.29) is 6.04 Å². The average Bonchev–Trinajstić information content (AvgIpc) is 2.59. The fourth-order valence-electron chi connectivity index (χ4n) is 2.27. The molecule has 0 spiro atoms. The lowest BCUT2D eigenvalue weighted by Gasteiger charge is -2.19. The fourth-order valence-corrected chi connectivity index (χ4v) is 3.00. The van der Waals surface area contributed by atoms with Gasteiger partial charge in [0.2, 0.25) is 0 Å². The second-order valence-electron chi connectivity index (χ2n) is 4.15. The van der Waals surface area contributed by atoms with E-state index in [1.165, 1.54) is 38.5 Å². The van der Waals surface area contributed by atoms with Crippen molar-refractivity contribution in [2.45, 2.75) is 44.6 Å². The predicted octanol–water partition coefficient (Wildman–Crippen LogP) is 3.11. The van der Waals surface area contributed by atoms with Crippen LogP contribution in [-0.2, 0) is 0 Å². The summed E-state index contributed by atoms with van der Waals surface area (Å²) in [5, 5.41) is 3.14. The molecule has 0 amide bonds. The van der Waals surface area contributed by atoms with Gasteiger partial charge in [-0.25, -0.2) is 4.98 Å². The molecule has 1 aromatic rings. The molecule has 0 saturated heterocycles. The van der Waals surface area contributed by atoms with E-state index in [1.807, 2.05) is 11.6 Å². The first-order valence-corrected chi connectivity index (χ1v) is 6.41. The molecule has 1 aliphatic rings. The van der Waals surface area contributed by atoms with E-state index in [2.05, 4.69) is 4.98 Å². The summed E-state index contributed by atoms with van der Waals surface area (Å²) in [5.74, 6) is 0.670. The standard InChI is InChI=1S/C11H18N2S/c12-10(11-13-7-8-14-11)9-5-3-1-2-4-6-9/h7-10H,1-6,12H2. The van der Waals surface area contributed by atoms with E-state index in [0.29, 0.717) is 5.92 Å². The first-order valence-electron chi connectivity index (χ1n) is 5.53. The number of nitrogens with zero attached hydrogens (tertiary/aromatic N) is 1. The molecule has 0 aromatic carbocycles. The summed E-state index contributed by atoms with van der Waals surface area (Å²) in [6.45, 7) is 0. The van der Waals surface area contributed by atoms with Gasteiger partial charge >= 0.3 is 0 Å². The topological polar surface area (TPSA) is 38.9 Å². The van der Waals surface area contributed by atoms with Crippen LogP contribution in [0.15, 0.2) is 11.6 Å². The number of hydrogen-bond acceptors (Lipinski definition) is 3. The Morgan fingerprint density at radius 3 is 2.57 bits per heavy atom. The van der Waals surface area contributed by atoms with E-state index in [0.717, 1.165) is 5.01 Å². The van der Waals surface area contributed by atoms with E-state index in [9.17, 15) is 0 Å². The molecule has 0 bridgehead atoms. The van der Waals surface area contributed by atoms with E-state index >= 15 is 0 Å². The summed E-state index contributed by atoms with van der Waals surface area (Å²) < 4.78 is 0. The Balaban J connectivity index is 1.99. The molecule has 14 heavy (non-hydrogen) atoms. The lowest BCUT2D eigenvalue weighted by atomic mass is 9.93. The lowest BCUT2D eigenvalue weighted by Crippen LogP contribution is -2.20. The van der Waals surface area contributed by atoms with Crippen molar-refractivity contribution in [3.63, 3.8) is 0 Å². The molecule has 1 aromatic heterocycles. The van der Waals surface area contributed by atoms with Gasteiger partial charge in [0, 0.05) is 11.6 Å². The minimum absolute atomic E-state index is 0.188. The molecule has 1 atom stereocenters. The summed E-state index contributed by atoms with van der Waals surface area (Å²) in [5.41, 5.74) is 6.23. The summed E-state index contributed by atoms with van der Waals surface area (Å²) in [6.07, 6.45) is 9.92. The normalized spacial score (nSPS) is 21.8. The lowest BCUT2D eigenvalue weighted by molar-refractivity contribution is 0.381. The molecule has 78 valence electrons. The average molecular weight is 210 g/mol. The van der Waals surface area contributed by atoms with Gasteiger partial charge in [0.25, 0.3) is 0 Å². The van der Waals surface area contributed by atoms with Crippen LogP contribution in [0, 0.1) is 5.92 Å². The van der Waals surface area contributed by atoms with Crippen molar-refractivity contribution in [1.29, 1.82) is 0 Å². The van der Waals surface area contributed by atoms with Crippen LogP contribution < -0.4 is 5.73 Å². The zero-order valence-electron chi connectivity index (χ0n) is 8.48. The Bertz CT molecular complexity index is 250. The first-order chi connectivity index (χ1) is 6.88. The molecule has 1 saturated carbocycles. The van der Waals surface area contributed by atoms with Crippen LogP contribution in [0.3, 0.4) is 0 Å². The maximum atomic E-state index is 6.23. The molecule has 1 unspecified atom stereocenters. The number of aromatic nitrogens is 1. The Kier molecular flexibility index (Phi) is 3.54. The molecule has 3 heteroatoms. The Hall–Kier alpha value is -0.410. The smallest absolute Gasteiger partial charge is 0.110 e. The molecule has 2 rings (SSSR count). The van der Waals surface area contributed by atoms with Gasteiger partial charge in [-0.2, -0.15) is 0 Å². The van der Waals surface area contributed by atoms with Gasteiger partial charge in [0.15, 0.2) is 0 Å². The SMILES string of the molecule is NC(c1nccs1)C1CCCCCC1. The van der Waals surface area contributed by atoms with Crippen LogP contribution >= 0.6 is 11.3 Å². The molecule has 2 nitrogen and oxygen atoms in total. The highest BCUT2D eigenvalue weighted by molar-refractivity contribution is 7.09. The van der Waals surface area contributed by atoms with E-state index in [4.69, 9.17) is 5.73 Å². The fraction of sp³-hybridized carbons (Fsp3) is 0.727. The molecule has 2 N–H and O–H groups in total. The van der Waals surface area contributed by atoms with Crippen molar-refractivity contribution in [3.8, 4) is 0 Å².